The molecule has 9 rings (SSSR count). The zero-order valence-corrected chi connectivity index (χ0v) is 25.2. The van der Waals surface area contributed by atoms with E-state index in [1.54, 1.807) is 12.1 Å². The van der Waals surface area contributed by atoms with Crippen LogP contribution in [0.5, 0.6) is 0 Å². The summed E-state index contributed by atoms with van der Waals surface area (Å²) in [6.07, 6.45) is 5.14. The molecule has 6 aromatic rings. The van der Waals surface area contributed by atoms with Crippen LogP contribution in [0.3, 0.4) is 0 Å². The molecular weight excluding hydrogens is 572 g/mol. The van der Waals surface area contributed by atoms with Gasteiger partial charge in [-0.05, 0) is 85.0 Å². The molecule has 2 unspecified atom stereocenters. The van der Waals surface area contributed by atoms with Gasteiger partial charge in [-0.15, -0.1) is 11.6 Å². The molecule has 4 aromatic carbocycles. The molecule has 2 aromatic heterocycles. The normalized spacial score (nSPS) is 23.3. The van der Waals surface area contributed by atoms with E-state index in [9.17, 15) is 4.79 Å². The molecule has 2 aliphatic carbocycles. The third-order valence-corrected chi connectivity index (χ3v) is 9.60. The highest BCUT2D eigenvalue weighted by Gasteiger charge is 2.55. The summed E-state index contributed by atoms with van der Waals surface area (Å²) >= 11 is 0. The molecule has 0 spiro atoms. The lowest BCUT2D eigenvalue weighted by atomic mass is 10.1. The standard InChI is InChI=1S/C38H32N6O2/c1-2-24-18-31(24)39-21-35-40-29-14-11-23(17-32(29)41-35)9-8-22-10-13-28-26(16-22)12-15-30-36(28)43-37(42-30)34-20-27-19-33(27)44(34)46-38(45)25-6-4-3-5-7-25/h2-7,10-17,24,27,31,33-34,39H,1,18-21H2,(H,40,41)(H,42,43)/t24?,27-,31?,33-,34+/m1/s1. The van der Waals surface area contributed by atoms with Crippen molar-refractivity contribution in [2.75, 3.05) is 0 Å². The second-order valence-electron chi connectivity index (χ2n) is 12.7. The third kappa shape index (κ3) is 4.94. The Labute approximate surface area is 265 Å². The first-order valence-corrected chi connectivity index (χ1v) is 15.9. The van der Waals surface area contributed by atoms with Gasteiger partial charge in [0, 0.05) is 22.6 Å². The first kappa shape index (κ1) is 27.1. The summed E-state index contributed by atoms with van der Waals surface area (Å²) in [5, 5.41) is 7.55. The van der Waals surface area contributed by atoms with Gasteiger partial charge in [0.05, 0.1) is 40.2 Å². The topological polar surface area (TPSA) is 98.9 Å². The van der Waals surface area contributed by atoms with Gasteiger partial charge in [0.25, 0.3) is 0 Å². The molecular formula is C38H32N6O2. The van der Waals surface area contributed by atoms with Crippen LogP contribution in [-0.4, -0.2) is 43.1 Å². The van der Waals surface area contributed by atoms with Crippen molar-refractivity contribution in [1.29, 1.82) is 0 Å². The summed E-state index contributed by atoms with van der Waals surface area (Å²) in [6, 6.07) is 26.4. The van der Waals surface area contributed by atoms with Crippen LogP contribution < -0.4 is 5.32 Å². The van der Waals surface area contributed by atoms with Crippen LogP contribution in [0.2, 0.25) is 0 Å². The third-order valence-electron chi connectivity index (χ3n) is 9.60. The SMILES string of the molecule is C=CC1CC1NCc1nc2ccc(C#Cc3ccc4c(ccc5[nH]c([C@@H]6C[C@H]7C[C@H]7N6OC(=O)c6ccccc6)nc54)c3)cc2[nH]1. The van der Waals surface area contributed by atoms with Gasteiger partial charge in [-0.3, -0.25) is 0 Å². The molecule has 0 amide bonds. The van der Waals surface area contributed by atoms with Crippen molar-refractivity contribution >= 4 is 38.8 Å². The van der Waals surface area contributed by atoms with E-state index in [1.165, 1.54) is 0 Å². The fourth-order valence-corrected chi connectivity index (χ4v) is 6.87. The molecule has 0 bridgehead atoms. The number of carbonyl (C=O) groups is 1. The number of piperidine rings is 1. The van der Waals surface area contributed by atoms with E-state index in [0.29, 0.717) is 30.0 Å². The second-order valence-corrected chi connectivity index (χ2v) is 12.7. The molecule has 46 heavy (non-hydrogen) atoms. The number of aromatic amines is 2. The van der Waals surface area contributed by atoms with Crippen molar-refractivity contribution in [3.8, 4) is 11.8 Å². The summed E-state index contributed by atoms with van der Waals surface area (Å²) in [6.45, 7) is 4.60. The second kappa shape index (κ2) is 10.7. The first-order valence-electron chi connectivity index (χ1n) is 15.9. The number of hydroxylamine groups is 2. The maximum absolute atomic E-state index is 12.9. The predicted molar refractivity (Wildman–Crippen MR) is 178 cm³/mol. The molecule has 226 valence electrons. The summed E-state index contributed by atoms with van der Waals surface area (Å²) in [5.41, 5.74) is 6.24. The summed E-state index contributed by atoms with van der Waals surface area (Å²) in [4.78, 5) is 35.5. The maximum Gasteiger partial charge on any atom is 0.357 e. The van der Waals surface area contributed by atoms with Gasteiger partial charge in [-0.25, -0.2) is 14.8 Å². The highest BCUT2D eigenvalue weighted by Crippen LogP contribution is 2.53. The predicted octanol–water partition coefficient (Wildman–Crippen LogP) is 6.56. The minimum absolute atomic E-state index is 0.0913. The lowest BCUT2D eigenvalue weighted by Gasteiger charge is -2.24. The van der Waals surface area contributed by atoms with Crippen molar-refractivity contribution in [3.63, 3.8) is 0 Å². The lowest BCUT2D eigenvalue weighted by molar-refractivity contribution is -0.136. The zero-order chi connectivity index (χ0) is 30.8. The maximum atomic E-state index is 12.9. The van der Waals surface area contributed by atoms with Crippen LogP contribution in [0.4, 0.5) is 0 Å². The van der Waals surface area contributed by atoms with Gasteiger partial charge in [0.15, 0.2) is 0 Å². The van der Waals surface area contributed by atoms with E-state index in [4.69, 9.17) is 14.8 Å². The van der Waals surface area contributed by atoms with Gasteiger partial charge in [-0.2, -0.15) is 0 Å². The number of H-pyrrole nitrogens is 2. The summed E-state index contributed by atoms with van der Waals surface area (Å²) in [7, 11) is 0. The Kier molecular flexibility index (Phi) is 6.30. The molecule has 0 radical (unpaired) electrons. The highest BCUT2D eigenvalue weighted by molar-refractivity contribution is 6.04. The minimum atomic E-state index is -0.328. The lowest BCUT2D eigenvalue weighted by Crippen LogP contribution is -2.30. The van der Waals surface area contributed by atoms with Crippen LogP contribution >= 0.6 is 0 Å². The van der Waals surface area contributed by atoms with Crippen LogP contribution in [-0.2, 0) is 11.4 Å². The van der Waals surface area contributed by atoms with Crippen molar-refractivity contribution in [2.45, 2.75) is 43.9 Å². The fourth-order valence-electron chi connectivity index (χ4n) is 6.87. The largest absolute Gasteiger partial charge is 0.363 e. The van der Waals surface area contributed by atoms with Gasteiger partial charge >= 0.3 is 5.97 Å². The van der Waals surface area contributed by atoms with E-state index >= 15 is 0 Å². The van der Waals surface area contributed by atoms with Gasteiger partial charge in [-0.1, -0.05) is 48.2 Å². The highest BCUT2D eigenvalue weighted by atomic mass is 16.7. The molecule has 3 N–H and O–H groups in total. The van der Waals surface area contributed by atoms with Crippen molar-refractivity contribution in [3.05, 3.63) is 120 Å². The van der Waals surface area contributed by atoms with E-state index in [-0.39, 0.29) is 18.1 Å². The number of imidazole rings is 2. The van der Waals surface area contributed by atoms with Gasteiger partial charge < -0.3 is 20.1 Å². The van der Waals surface area contributed by atoms with Crippen LogP contribution in [0.15, 0.2) is 91.5 Å². The van der Waals surface area contributed by atoms with E-state index in [2.05, 4.69) is 70.1 Å². The van der Waals surface area contributed by atoms with Crippen LogP contribution in [0.25, 0.3) is 32.8 Å². The number of hydrogen-bond donors (Lipinski definition) is 3. The van der Waals surface area contributed by atoms with Crippen LogP contribution in [0, 0.1) is 23.7 Å². The number of rotatable bonds is 7. The van der Waals surface area contributed by atoms with Crippen molar-refractivity contribution < 1.29 is 9.63 Å². The van der Waals surface area contributed by atoms with E-state index in [1.807, 2.05) is 41.5 Å². The molecule has 5 atom stereocenters. The van der Waals surface area contributed by atoms with Crippen molar-refractivity contribution in [1.82, 2.24) is 30.3 Å². The Balaban J connectivity index is 0.938. The van der Waals surface area contributed by atoms with Crippen LogP contribution in [0.1, 0.15) is 58.4 Å². The number of nitrogens with one attached hydrogen (secondary N) is 3. The Morgan fingerprint density at radius 3 is 2.65 bits per heavy atom. The van der Waals surface area contributed by atoms with Crippen molar-refractivity contribution in [2.24, 2.45) is 11.8 Å². The summed E-state index contributed by atoms with van der Waals surface area (Å²) in [5.74, 6) is 9.22. The van der Waals surface area contributed by atoms with Gasteiger partial charge in [0.2, 0.25) is 0 Å². The fraction of sp³-hybridized carbons (Fsp3) is 0.237. The zero-order valence-electron chi connectivity index (χ0n) is 25.2. The molecule has 1 saturated heterocycles. The van der Waals surface area contributed by atoms with E-state index in [0.717, 1.165) is 74.9 Å². The smallest absolute Gasteiger partial charge is 0.357 e. The Bertz CT molecular complexity index is 2220. The number of benzene rings is 4. The molecule has 3 heterocycles. The Morgan fingerprint density at radius 2 is 1.80 bits per heavy atom. The number of hydrogen-bond acceptors (Lipinski definition) is 6. The molecule has 3 fully saturated rings. The molecule has 8 heteroatoms. The molecule has 8 nitrogen and oxygen atoms in total. The van der Waals surface area contributed by atoms with E-state index < -0.39 is 0 Å². The monoisotopic (exact) mass is 604 g/mol. The minimum Gasteiger partial charge on any atom is -0.363 e. The number of aromatic nitrogens is 4. The molecule has 1 aliphatic heterocycles. The number of nitrogens with zero attached hydrogens (tertiary/aromatic N) is 3. The number of carbonyl (C=O) groups excluding carboxylic acids is 1. The van der Waals surface area contributed by atoms with Gasteiger partial charge in [0.1, 0.15) is 17.7 Å². The Morgan fingerprint density at radius 1 is 0.957 bits per heavy atom. The number of fused-ring (bicyclic) bond motifs is 5. The average molecular weight is 605 g/mol. The first-order chi connectivity index (χ1) is 22.6. The summed E-state index contributed by atoms with van der Waals surface area (Å²) < 4.78 is 0. The molecule has 2 saturated carbocycles. The Hall–Kier alpha value is -5.23. The molecule has 3 aliphatic rings. The quantitative estimate of drug-likeness (QED) is 0.141. The average Bonchev–Trinajstić information content (AvgIpc) is 3.89.